The Morgan fingerprint density at radius 2 is 1.86 bits per heavy atom. The minimum Gasteiger partial charge on any atom is -0.502 e. The van der Waals surface area contributed by atoms with Crippen LogP contribution in [0.1, 0.15) is 28.7 Å². The first-order chi connectivity index (χ1) is 13.3. The Kier molecular flexibility index (Phi) is 5.36. The van der Waals surface area contributed by atoms with Gasteiger partial charge in [0, 0.05) is 12.3 Å². The molecule has 0 aliphatic rings. The quantitative estimate of drug-likeness (QED) is 0.616. The van der Waals surface area contributed by atoms with Gasteiger partial charge in [-0.1, -0.05) is 18.2 Å². The van der Waals surface area contributed by atoms with Gasteiger partial charge in [-0.25, -0.2) is 4.98 Å². The van der Waals surface area contributed by atoms with Crippen molar-refractivity contribution < 1.29 is 27.8 Å². The van der Waals surface area contributed by atoms with Gasteiger partial charge < -0.3 is 19.9 Å². The van der Waals surface area contributed by atoms with E-state index in [1.54, 1.807) is 18.2 Å². The fourth-order valence-electron chi connectivity index (χ4n) is 2.59. The lowest BCUT2D eigenvalue weighted by molar-refractivity contribution is -0.137. The van der Waals surface area contributed by atoms with E-state index in [1.165, 1.54) is 18.3 Å². The van der Waals surface area contributed by atoms with Crippen LogP contribution >= 0.6 is 0 Å². The number of aromatic nitrogens is 1. The van der Waals surface area contributed by atoms with E-state index in [-0.39, 0.29) is 17.1 Å². The first-order valence-electron chi connectivity index (χ1n) is 8.11. The molecule has 3 rings (SSSR count). The first-order valence-corrected chi connectivity index (χ1v) is 8.11. The number of rotatable bonds is 5. The second kappa shape index (κ2) is 7.73. The molecule has 9 heteroatoms. The molecule has 1 aromatic carbocycles. The second-order valence-electron chi connectivity index (χ2n) is 5.86. The molecule has 1 atom stereocenters. The van der Waals surface area contributed by atoms with Crippen molar-refractivity contribution in [1.82, 2.24) is 4.98 Å². The number of halogens is 3. The molecular formula is C19H15F3N2O4. The van der Waals surface area contributed by atoms with Gasteiger partial charge in [0.2, 0.25) is 11.2 Å². The summed E-state index contributed by atoms with van der Waals surface area (Å²) in [4.78, 5) is 16.1. The van der Waals surface area contributed by atoms with Crippen molar-refractivity contribution in [3.8, 4) is 5.75 Å². The molecule has 2 aromatic heterocycles. The van der Waals surface area contributed by atoms with Gasteiger partial charge >= 0.3 is 6.18 Å². The van der Waals surface area contributed by atoms with Gasteiger partial charge in [0.05, 0.1) is 5.56 Å². The number of aliphatic hydroxyl groups is 1. The number of nitrogens with one attached hydrogen (secondary N) is 1. The highest BCUT2D eigenvalue weighted by Crippen LogP contribution is 2.34. The molecule has 0 bridgehead atoms. The van der Waals surface area contributed by atoms with Crippen molar-refractivity contribution >= 4 is 5.82 Å². The number of anilines is 1. The maximum atomic E-state index is 12.9. The minimum atomic E-state index is -4.51. The van der Waals surface area contributed by atoms with Gasteiger partial charge in [0.1, 0.15) is 24.2 Å². The van der Waals surface area contributed by atoms with E-state index in [4.69, 9.17) is 4.42 Å². The van der Waals surface area contributed by atoms with Gasteiger partial charge in [-0.15, -0.1) is 0 Å². The summed E-state index contributed by atoms with van der Waals surface area (Å²) in [5, 5.41) is 22.4. The molecule has 146 valence electrons. The van der Waals surface area contributed by atoms with Crippen LogP contribution in [0.2, 0.25) is 0 Å². The van der Waals surface area contributed by atoms with Crippen molar-refractivity contribution in [2.45, 2.75) is 18.8 Å². The number of hydrogen-bond donors (Lipinski definition) is 3. The van der Waals surface area contributed by atoms with Gasteiger partial charge in [-0.3, -0.25) is 4.79 Å². The van der Waals surface area contributed by atoms with Crippen molar-refractivity contribution in [2.24, 2.45) is 0 Å². The summed E-state index contributed by atoms with van der Waals surface area (Å²) in [7, 11) is 0. The van der Waals surface area contributed by atoms with E-state index < -0.39 is 35.6 Å². The number of alkyl halides is 3. The highest BCUT2D eigenvalue weighted by molar-refractivity contribution is 5.45. The molecule has 0 unspecified atom stereocenters. The van der Waals surface area contributed by atoms with Crippen LogP contribution in [0.3, 0.4) is 0 Å². The lowest BCUT2D eigenvalue weighted by Crippen LogP contribution is -2.17. The molecule has 0 aliphatic heterocycles. The van der Waals surface area contributed by atoms with Crippen LogP contribution in [-0.4, -0.2) is 15.2 Å². The summed E-state index contributed by atoms with van der Waals surface area (Å²) in [6.07, 6.45) is -3.01. The predicted octanol–water partition coefficient (Wildman–Crippen LogP) is 3.45. The molecule has 0 radical (unpaired) electrons. The summed E-state index contributed by atoms with van der Waals surface area (Å²) >= 11 is 0. The molecule has 28 heavy (non-hydrogen) atoms. The molecule has 0 fully saturated rings. The van der Waals surface area contributed by atoms with Crippen LogP contribution in [0, 0.1) is 0 Å². The van der Waals surface area contributed by atoms with Gasteiger partial charge in [0.25, 0.3) is 0 Å². The summed E-state index contributed by atoms with van der Waals surface area (Å²) in [5.41, 5.74) is -1.35. The maximum absolute atomic E-state index is 12.9. The molecular weight excluding hydrogens is 377 g/mol. The zero-order chi connectivity index (χ0) is 20.3. The molecule has 0 saturated heterocycles. The van der Waals surface area contributed by atoms with Crippen LogP contribution in [0.5, 0.6) is 5.75 Å². The van der Waals surface area contributed by atoms with E-state index in [2.05, 4.69) is 10.3 Å². The summed E-state index contributed by atoms with van der Waals surface area (Å²) in [5.74, 6) is -0.728. The van der Waals surface area contributed by atoms with Crippen LogP contribution in [0.15, 0.2) is 63.9 Å². The zero-order valence-corrected chi connectivity index (χ0v) is 14.3. The Bertz CT molecular complexity index is 1000. The number of pyridine rings is 1. The van der Waals surface area contributed by atoms with E-state index in [0.29, 0.717) is 5.82 Å². The zero-order valence-electron chi connectivity index (χ0n) is 14.3. The largest absolute Gasteiger partial charge is 0.502 e. The smallest absolute Gasteiger partial charge is 0.416 e. The lowest BCUT2D eigenvalue weighted by atomic mass is 10.0. The molecule has 0 aliphatic carbocycles. The van der Waals surface area contributed by atoms with Gasteiger partial charge in [-0.2, -0.15) is 13.2 Å². The topological polar surface area (TPSA) is 95.6 Å². The van der Waals surface area contributed by atoms with Gasteiger partial charge in [0.15, 0.2) is 5.76 Å². The molecule has 0 spiro atoms. The average Bonchev–Trinajstić information content (AvgIpc) is 2.68. The Morgan fingerprint density at radius 3 is 2.43 bits per heavy atom. The van der Waals surface area contributed by atoms with Crippen LogP contribution in [-0.2, 0) is 12.8 Å². The maximum Gasteiger partial charge on any atom is 0.416 e. The Morgan fingerprint density at radius 1 is 1.14 bits per heavy atom. The van der Waals surface area contributed by atoms with E-state index in [1.807, 2.05) is 0 Å². The monoisotopic (exact) mass is 392 g/mol. The molecule has 3 aromatic rings. The number of hydrogen-bond acceptors (Lipinski definition) is 6. The second-order valence-corrected chi connectivity index (χ2v) is 5.86. The first kappa shape index (κ1) is 19.4. The average molecular weight is 392 g/mol. The Labute approximate surface area is 156 Å². The van der Waals surface area contributed by atoms with Crippen LogP contribution in [0.4, 0.5) is 19.0 Å². The van der Waals surface area contributed by atoms with Crippen molar-refractivity contribution in [3.63, 3.8) is 0 Å². The third kappa shape index (κ3) is 4.15. The number of benzene rings is 1. The van der Waals surface area contributed by atoms with E-state index >= 15 is 0 Å². The standard InChI is InChI=1S/C19H15F3N2O4/c20-19(21,22)12-6-4-11(5-7-12)16(24-15-3-1-2-8-23-15)18-17(27)14(26)9-13(10-25)28-18/h1-9,16,25,27H,10H2,(H,23,24)/t16-/m0/s1. The fourth-order valence-corrected chi connectivity index (χ4v) is 2.59. The van der Waals surface area contributed by atoms with Crippen LogP contribution < -0.4 is 10.7 Å². The molecule has 0 amide bonds. The third-order valence-electron chi connectivity index (χ3n) is 3.95. The highest BCUT2D eigenvalue weighted by atomic mass is 19.4. The normalized spacial score (nSPS) is 12.6. The van der Waals surface area contributed by atoms with Crippen molar-refractivity contribution in [3.05, 3.63) is 87.6 Å². The van der Waals surface area contributed by atoms with E-state index in [9.17, 15) is 28.2 Å². The summed E-state index contributed by atoms with van der Waals surface area (Å²) < 4.78 is 44.0. The molecule has 0 saturated carbocycles. The molecule has 6 nitrogen and oxygen atoms in total. The lowest BCUT2D eigenvalue weighted by Gasteiger charge is -2.20. The molecule has 3 N–H and O–H groups in total. The third-order valence-corrected chi connectivity index (χ3v) is 3.95. The van der Waals surface area contributed by atoms with Gasteiger partial charge in [-0.05, 0) is 29.8 Å². The Hall–Kier alpha value is -3.33. The number of aromatic hydroxyl groups is 1. The van der Waals surface area contributed by atoms with Crippen molar-refractivity contribution in [2.75, 3.05) is 5.32 Å². The van der Waals surface area contributed by atoms with Crippen molar-refractivity contribution in [1.29, 1.82) is 0 Å². The van der Waals surface area contributed by atoms with E-state index in [0.717, 1.165) is 18.2 Å². The van der Waals surface area contributed by atoms with Crippen LogP contribution in [0.25, 0.3) is 0 Å². The highest BCUT2D eigenvalue weighted by Gasteiger charge is 2.31. The summed E-state index contributed by atoms with van der Waals surface area (Å²) in [6, 6.07) is 9.02. The SMILES string of the molecule is O=c1cc(CO)oc([C@@H](Nc2ccccn2)c2ccc(C(F)(F)F)cc2)c1O. The minimum absolute atomic E-state index is 0.0995. The fraction of sp³-hybridized carbons (Fsp3) is 0.158. The Balaban J connectivity index is 2.11. The number of nitrogens with zero attached hydrogens (tertiary/aromatic N) is 1. The predicted molar refractivity (Wildman–Crippen MR) is 93.7 cm³/mol. The summed E-state index contributed by atoms with van der Waals surface area (Å²) in [6.45, 7) is -0.591. The molecule has 2 heterocycles. The number of aliphatic hydroxyl groups excluding tert-OH is 1.